The highest BCUT2D eigenvalue weighted by Gasteiger charge is 2.34. The van der Waals surface area contributed by atoms with Gasteiger partial charge in [0.2, 0.25) is 6.79 Å². The second-order valence-electron chi connectivity index (χ2n) is 8.55. The van der Waals surface area contributed by atoms with Gasteiger partial charge in [0.1, 0.15) is 29.6 Å². The molecule has 0 aromatic heterocycles. The van der Waals surface area contributed by atoms with Crippen molar-refractivity contribution < 1.29 is 31.8 Å². The largest absolute Gasteiger partial charge is 0.495 e. The number of benzene rings is 4. The number of anilines is 1. The number of aliphatic imine (C=N–C) groups is 1. The second-order valence-corrected chi connectivity index (χ2v) is 8.55. The van der Waals surface area contributed by atoms with E-state index in [2.05, 4.69) is 11.5 Å². The lowest BCUT2D eigenvalue weighted by Gasteiger charge is -2.31. The van der Waals surface area contributed by atoms with Crippen molar-refractivity contribution in [1.82, 2.24) is 0 Å². The third-order valence-corrected chi connectivity index (χ3v) is 6.24. The molecular formula is C29H18F4N2O3. The van der Waals surface area contributed by atoms with Gasteiger partial charge in [0.05, 0.1) is 18.4 Å². The zero-order chi connectivity index (χ0) is 26.4. The van der Waals surface area contributed by atoms with E-state index in [0.717, 1.165) is 23.3 Å². The summed E-state index contributed by atoms with van der Waals surface area (Å²) in [5.41, 5.74) is 1.84. The molecular weight excluding hydrogens is 500 g/mol. The number of para-hydroxylation sites is 1. The molecule has 9 heteroatoms. The van der Waals surface area contributed by atoms with Crippen molar-refractivity contribution in [1.29, 1.82) is 0 Å². The first-order valence-electron chi connectivity index (χ1n) is 11.5. The number of alkyl halides is 3. The molecule has 2 heterocycles. The lowest BCUT2D eigenvalue weighted by atomic mass is 10.0. The van der Waals surface area contributed by atoms with Crippen LogP contribution >= 0.6 is 0 Å². The summed E-state index contributed by atoms with van der Waals surface area (Å²) in [6.45, 7) is 3.18. The molecule has 0 unspecified atom stereocenters. The number of halogens is 4. The highest BCUT2D eigenvalue weighted by atomic mass is 19.4. The number of amidine groups is 1. The molecule has 0 atom stereocenters. The van der Waals surface area contributed by atoms with Gasteiger partial charge < -0.3 is 19.1 Å². The van der Waals surface area contributed by atoms with E-state index in [1.807, 2.05) is 30.3 Å². The Hall–Kier alpha value is -4.53. The fourth-order valence-corrected chi connectivity index (χ4v) is 4.35. The second kappa shape index (κ2) is 9.09. The van der Waals surface area contributed by atoms with Crippen LogP contribution in [-0.2, 0) is 6.18 Å². The van der Waals surface area contributed by atoms with Crippen LogP contribution in [0.4, 0.5) is 28.9 Å². The summed E-state index contributed by atoms with van der Waals surface area (Å²) in [5.74, 6) is 1.11. The highest BCUT2D eigenvalue weighted by molar-refractivity contribution is 6.14. The standard InChI is InChI=1S/C29H18F4N2O3/c1-36-24-12-10-21(29(31,32)33)14-23(24)35-15-20-3-2-4-22(30)27(20)34-28(35)18-7-5-17(6-8-18)19-9-11-25-26(13-19)38-16-37-25/h2-14H,16H2,1H3. The molecule has 38 heavy (non-hydrogen) atoms. The van der Waals surface area contributed by atoms with Gasteiger partial charge in [-0.05, 0) is 47.5 Å². The number of fused-ring (bicyclic) bond motifs is 2. The molecule has 2 aliphatic heterocycles. The quantitative estimate of drug-likeness (QED) is 0.267. The van der Waals surface area contributed by atoms with E-state index in [-0.39, 0.29) is 29.8 Å². The number of rotatable bonds is 4. The number of hydrogen-bond acceptors (Lipinski definition) is 5. The molecule has 5 nitrogen and oxygen atoms in total. The molecule has 2 aliphatic rings. The van der Waals surface area contributed by atoms with Gasteiger partial charge in [-0.15, -0.1) is 0 Å². The van der Waals surface area contributed by atoms with Gasteiger partial charge >= 0.3 is 6.18 Å². The average molecular weight is 518 g/mol. The molecule has 2 radical (unpaired) electrons. The van der Waals surface area contributed by atoms with Crippen molar-refractivity contribution in [2.75, 3.05) is 18.8 Å². The predicted molar refractivity (Wildman–Crippen MR) is 133 cm³/mol. The normalized spacial score (nSPS) is 14.2. The van der Waals surface area contributed by atoms with Gasteiger partial charge in [-0.3, -0.25) is 0 Å². The number of methoxy groups -OCH3 is 1. The molecule has 0 N–H and O–H groups in total. The molecule has 190 valence electrons. The summed E-state index contributed by atoms with van der Waals surface area (Å²) in [4.78, 5) is 5.89. The lowest BCUT2D eigenvalue weighted by Crippen LogP contribution is -2.32. The summed E-state index contributed by atoms with van der Waals surface area (Å²) in [6.07, 6.45) is -4.58. The Bertz CT molecular complexity index is 1570. The third-order valence-electron chi connectivity index (χ3n) is 6.24. The molecule has 6 rings (SSSR count). The van der Waals surface area contributed by atoms with Crippen molar-refractivity contribution in [3.63, 3.8) is 0 Å². The maximum atomic E-state index is 14.7. The van der Waals surface area contributed by atoms with Gasteiger partial charge in [-0.1, -0.05) is 42.5 Å². The molecule has 0 amide bonds. The Labute approximate surface area is 215 Å². The van der Waals surface area contributed by atoms with Crippen LogP contribution in [0.25, 0.3) is 11.1 Å². The fraction of sp³-hybridized carbons (Fsp3) is 0.103. The Kier molecular flexibility index (Phi) is 5.71. The fourth-order valence-electron chi connectivity index (χ4n) is 4.35. The molecule has 4 aromatic carbocycles. The van der Waals surface area contributed by atoms with Crippen LogP contribution in [0, 0.1) is 12.4 Å². The molecule has 0 saturated heterocycles. The minimum Gasteiger partial charge on any atom is -0.495 e. The van der Waals surface area contributed by atoms with Crippen molar-refractivity contribution >= 4 is 17.2 Å². The molecule has 0 saturated carbocycles. The van der Waals surface area contributed by atoms with Crippen LogP contribution in [0.1, 0.15) is 16.7 Å². The van der Waals surface area contributed by atoms with Crippen LogP contribution in [-0.4, -0.2) is 19.7 Å². The molecule has 0 bridgehead atoms. The molecule has 0 aliphatic carbocycles. The van der Waals surface area contributed by atoms with Crippen LogP contribution in [0.15, 0.2) is 83.9 Å². The van der Waals surface area contributed by atoms with Crippen molar-refractivity contribution in [3.8, 4) is 28.4 Å². The Morgan fingerprint density at radius 2 is 1.61 bits per heavy atom. The maximum absolute atomic E-state index is 14.7. The first kappa shape index (κ1) is 23.8. The topological polar surface area (TPSA) is 43.3 Å². The lowest BCUT2D eigenvalue weighted by molar-refractivity contribution is -0.137. The number of hydrogen-bond donors (Lipinski definition) is 0. The van der Waals surface area contributed by atoms with E-state index in [1.54, 1.807) is 18.2 Å². The summed E-state index contributed by atoms with van der Waals surface area (Å²) >= 11 is 0. The van der Waals surface area contributed by atoms with Gasteiger partial charge in [0.15, 0.2) is 11.5 Å². The van der Waals surface area contributed by atoms with Crippen molar-refractivity contribution in [2.45, 2.75) is 6.18 Å². The van der Waals surface area contributed by atoms with E-state index in [9.17, 15) is 17.6 Å². The minimum absolute atomic E-state index is 0.0459. The van der Waals surface area contributed by atoms with Crippen LogP contribution in [0.5, 0.6) is 17.2 Å². The Morgan fingerprint density at radius 1 is 0.868 bits per heavy atom. The van der Waals surface area contributed by atoms with E-state index < -0.39 is 17.6 Å². The summed E-state index contributed by atoms with van der Waals surface area (Å²) in [5, 5.41) is 0. The summed E-state index contributed by atoms with van der Waals surface area (Å²) in [7, 11) is 1.36. The maximum Gasteiger partial charge on any atom is 0.416 e. The van der Waals surface area contributed by atoms with E-state index in [4.69, 9.17) is 14.2 Å². The number of ether oxygens (including phenoxy) is 3. The first-order chi connectivity index (χ1) is 18.3. The summed E-state index contributed by atoms with van der Waals surface area (Å²) < 4.78 is 71.7. The Balaban J connectivity index is 1.45. The molecule has 4 aromatic rings. The van der Waals surface area contributed by atoms with Crippen molar-refractivity contribution in [3.05, 3.63) is 108 Å². The third kappa shape index (κ3) is 4.19. The average Bonchev–Trinajstić information content (AvgIpc) is 3.40. The SMILES string of the molecule is COc1ccc(C(F)(F)F)cc1N1[C]c2cccc(F)c2N=C1c1ccc(-c2ccc3c(c2)OCO3)cc1. The molecule has 0 spiro atoms. The van der Waals surface area contributed by atoms with Gasteiger partial charge in [-0.2, -0.15) is 13.2 Å². The van der Waals surface area contributed by atoms with Gasteiger partial charge in [0, 0.05) is 11.1 Å². The molecule has 0 fully saturated rings. The first-order valence-corrected chi connectivity index (χ1v) is 11.5. The predicted octanol–water partition coefficient (Wildman–Crippen LogP) is 7.23. The monoisotopic (exact) mass is 518 g/mol. The van der Waals surface area contributed by atoms with Crippen molar-refractivity contribution in [2.24, 2.45) is 4.99 Å². The zero-order valence-corrected chi connectivity index (χ0v) is 19.8. The van der Waals surface area contributed by atoms with Gasteiger partial charge in [0.25, 0.3) is 0 Å². The van der Waals surface area contributed by atoms with Crippen LogP contribution < -0.4 is 19.1 Å². The van der Waals surface area contributed by atoms with E-state index in [1.165, 1.54) is 30.2 Å². The van der Waals surface area contributed by atoms with E-state index in [0.29, 0.717) is 22.6 Å². The van der Waals surface area contributed by atoms with Gasteiger partial charge in [-0.25, -0.2) is 9.38 Å². The minimum atomic E-state index is -4.58. The zero-order valence-electron chi connectivity index (χ0n) is 19.8. The smallest absolute Gasteiger partial charge is 0.416 e. The summed E-state index contributed by atoms with van der Waals surface area (Å²) in [6, 6.07) is 20.3. The Morgan fingerprint density at radius 3 is 2.37 bits per heavy atom. The number of nitrogens with zero attached hydrogens (tertiary/aromatic N) is 2. The van der Waals surface area contributed by atoms with Crippen LogP contribution in [0.2, 0.25) is 0 Å². The highest BCUT2D eigenvalue weighted by Crippen LogP contribution is 2.42. The van der Waals surface area contributed by atoms with E-state index >= 15 is 0 Å². The van der Waals surface area contributed by atoms with Crippen LogP contribution in [0.3, 0.4) is 0 Å².